The summed E-state index contributed by atoms with van der Waals surface area (Å²) >= 11 is 0. The topological polar surface area (TPSA) is 52.6 Å². The van der Waals surface area contributed by atoms with Crippen LogP contribution in [0, 0.1) is 13.8 Å². The molecule has 1 fully saturated rings. The number of benzene rings is 1. The number of rotatable bonds is 5. The summed E-state index contributed by atoms with van der Waals surface area (Å²) in [4.78, 5) is 14.2. The van der Waals surface area contributed by atoms with E-state index in [0.29, 0.717) is 13.1 Å². The van der Waals surface area contributed by atoms with Gasteiger partial charge in [-0.15, -0.1) is 0 Å². The molecule has 1 amide bonds. The van der Waals surface area contributed by atoms with Crippen molar-refractivity contribution in [3.63, 3.8) is 0 Å². The molecular formula is C18H28N2O2. The Kier molecular flexibility index (Phi) is 5.59. The van der Waals surface area contributed by atoms with Crippen LogP contribution in [0.2, 0.25) is 0 Å². The highest BCUT2D eigenvalue weighted by molar-refractivity contribution is 5.93. The maximum Gasteiger partial charge on any atom is 0.238 e. The van der Waals surface area contributed by atoms with Gasteiger partial charge in [-0.05, 0) is 44.9 Å². The number of likely N-dealkylation sites (N-methyl/N-ethyl adjacent to an activating group) is 1. The molecule has 22 heavy (non-hydrogen) atoms. The van der Waals surface area contributed by atoms with Gasteiger partial charge in [0.05, 0.1) is 12.1 Å². The predicted molar refractivity (Wildman–Crippen MR) is 90.1 cm³/mol. The van der Waals surface area contributed by atoms with Gasteiger partial charge in [0.25, 0.3) is 0 Å². The first-order chi connectivity index (χ1) is 10.4. The summed E-state index contributed by atoms with van der Waals surface area (Å²) in [7, 11) is 1.90. The van der Waals surface area contributed by atoms with Crippen LogP contribution in [0.5, 0.6) is 0 Å². The molecule has 4 heteroatoms. The van der Waals surface area contributed by atoms with Gasteiger partial charge in [0.2, 0.25) is 5.91 Å². The van der Waals surface area contributed by atoms with E-state index in [1.54, 1.807) is 0 Å². The SMILES string of the molecule is Cc1cccc(C)c1NC(=O)CN(C)CC1(O)CCCCC1. The molecule has 0 unspecified atom stereocenters. The lowest BCUT2D eigenvalue weighted by molar-refractivity contribution is -0.118. The zero-order valence-corrected chi connectivity index (χ0v) is 14.0. The number of nitrogens with one attached hydrogen (secondary N) is 1. The van der Waals surface area contributed by atoms with Gasteiger partial charge >= 0.3 is 0 Å². The monoisotopic (exact) mass is 304 g/mol. The van der Waals surface area contributed by atoms with Crippen molar-refractivity contribution in [1.82, 2.24) is 4.90 Å². The van der Waals surface area contributed by atoms with E-state index >= 15 is 0 Å². The molecule has 1 aromatic rings. The van der Waals surface area contributed by atoms with Crippen LogP contribution in [0.3, 0.4) is 0 Å². The molecule has 4 nitrogen and oxygen atoms in total. The molecule has 2 N–H and O–H groups in total. The van der Waals surface area contributed by atoms with Crippen LogP contribution in [0.4, 0.5) is 5.69 Å². The third-order valence-corrected chi connectivity index (χ3v) is 4.51. The van der Waals surface area contributed by atoms with Crippen LogP contribution < -0.4 is 5.32 Å². The smallest absolute Gasteiger partial charge is 0.238 e. The molecule has 1 saturated carbocycles. The molecule has 2 rings (SSSR count). The first kappa shape index (κ1) is 17.0. The van der Waals surface area contributed by atoms with E-state index in [1.807, 2.05) is 44.0 Å². The Labute approximate surface area is 133 Å². The molecule has 0 atom stereocenters. The van der Waals surface area contributed by atoms with Gasteiger partial charge in [-0.2, -0.15) is 0 Å². The molecule has 1 aromatic carbocycles. The summed E-state index contributed by atoms with van der Waals surface area (Å²) in [6.07, 6.45) is 5.06. The lowest BCUT2D eigenvalue weighted by Gasteiger charge is -2.35. The number of anilines is 1. The van der Waals surface area contributed by atoms with Gasteiger partial charge in [0.15, 0.2) is 0 Å². The van der Waals surface area contributed by atoms with Crippen LogP contribution in [0.25, 0.3) is 0 Å². The van der Waals surface area contributed by atoms with E-state index in [9.17, 15) is 9.90 Å². The third kappa shape index (κ3) is 4.55. The number of carbonyl (C=O) groups is 1. The summed E-state index contributed by atoms with van der Waals surface area (Å²) in [6, 6.07) is 5.99. The summed E-state index contributed by atoms with van der Waals surface area (Å²) in [5.74, 6) is -0.0284. The standard InChI is InChI=1S/C18H28N2O2/c1-14-8-7-9-15(2)17(14)19-16(21)12-20(3)13-18(22)10-5-4-6-11-18/h7-9,22H,4-6,10-13H2,1-3H3,(H,19,21). The molecule has 122 valence electrons. The van der Waals surface area contributed by atoms with Gasteiger partial charge in [-0.25, -0.2) is 0 Å². The van der Waals surface area contributed by atoms with Crippen LogP contribution in [0.15, 0.2) is 18.2 Å². The van der Waals surface area contributed by atoms with Crippen molar-refractivity contribution in [2.75, 3.05) is 25.5 Å². The van der Waals surface area contributed by atoms with Crippen molar-refractivity contribution in [3.8, 4) is 0 Å². The summed E-state index contributed by atoms with van der Waals surface area (Å²) < 4.78 is 0. The highest BCUT2D eigenvalue weighted by Gasteiger charge is 2.30. The Balaban J connectivity index is 1.88. The van der Waals surface area contributed by atoms with Crippen molar-refractivity contribution < 1.29 is 9.90 Å². The largest absolute Gasteiger partial charge is 0.389 e. The van der Waals surface area contributed by atoms with Gasteiger partial charge in [-0.1, -0.05) is 37.5 Å². The first-order valence-corrected chi connectivity index (χ1v) is 8.17. The van der Waals surface area contributed by atoms with Crippen LogP contribution in [-0.4, -0.2) is 41.7 Å². The number of carbonyl (C=O) groups excluding carboxylic acids is 1. The Morgan fingerprint density at radius 1 is 1.23 bits per heavy atom. The van der Waals surface area contributed by atoms with Crippen molar-refractivity contribution >= 4 is 11.6 Å². The molecule has 0 saturated heterocycles. The maximum atomic E-state index is 12.2. The van der Waals surface area contributed by atoms with Crippen LogP contribution >= 0.6 is 0 Å². The van der Waals surface area contributed by atoms with E-state index in [4.69, 9.17) is 0 Å². The zero-order chi connectivity index (χ0) is 16.2. The average Bonchev–Trinajstić information content (AvgIpc) is 2.43. The van der Waals surface area contributed by atoms with E-state index in [2.05, 4.69) is 5.32 Å². The summed E-state index contributed by atoms with van der Waals surface area (Å²) in [6.45, 7) is 4.86. The third-order valence-electron chi connectivity index (χ3n) is 4.51. The lowest BCUT2D eigenvalue weighted by Crippen LogP contribution is -2.45. The fourth-order valence-electron chi connectivity index (χ4n) is 3.36. The van der Waals surface area contributed by atoms with Gasteiger partial charge < -0.3 is 10.4 Å². The molecule has 0 spiro atoms. The number of aliphatic hydroxyl groups is 1. The van der Waals surface area contributed by atoms with Crippen molar-refractivity contribution in [1.29, 1.82) is 0 Å². The van der Waals surface area contributed by atoms with Gasteiger partial charge in [0.1, 0.15) is 0 Å². The Hall–Kier alpha value is -1.39. The average molecular weight is 304 g/mol. The number of para-hydroxylation sites is 1. The Bertz CT molecular complexity index is 502. The number of hydrogen-bond acceptors (Lipinski definition) is 3. The minimum atomic E-state index is -0.619. The molecule has 0 bridgehead atoms. The fourth-order valence-corrected chi connectivity index (χ4v) is 3.36. The molecular weight excluding hydrogens is 276 g/mol. The highest BCUT2D eigenvalue weighted by Crippen LogP contribution is 2.28. The number of aryl methyl sites for hydroxylation is 2. The molecule has 0 aliphatic heterocycles. The predicted octanol–water partition coefficient (Wildman–Crippen LogP) is 2.87. The summed E-state index contributed by atoms with van der Waals surface area (Å²) in [5, 5.41) is 13.6. The van der Waals surface area contributed by atoms with Gasteiger partial charge in [0, 0.05) is 12.2 Å². The van der Waals surface area contributed by atoms with E-state index in [0.717, 1.165) is 42.5 Å². The Morgan fingerprint density at radius 2 is 1.82 bits per heavy atom. The van der Waals surface area contributed by atoms with Crippen LogP contribution in [0.1, 0.15) is 43.2 Å². The van der Waals surface area contributed by atoms with Crippen molar-refractivity contribution in [2.45, 2.75) is 51.6 Å². The van der Waals surface area contributed by atoms with E-state index < -0.39 is 5.60 Å². The number of hydrogen-bond donors (Lipinski definition) is 2. The quantitative estimate of drug-likeness (QED) is 0.879. The second kappa shape index (κ2) is 7.25. The molecule has 0 aromatic heterocycles. The zero-order valence-electron chi connectivity index (χ0n) is 14.0. The van der Waals surface area contributed by atoms with Crippen LogP contribution in [-0.2, 0) is 4.79 Å². The summed E-state index contributed by atoms with van der Waals surface area (Å²) in [5.41, 5.74) is 2.42. The highest BCUT2D eigenvalue weighted by atomic mass is 16.3. The first-order valence-electron chi connectivity index (χ1n) is 8.17. The van der Waals surface area contributed by atoms with Gasteiger partial charge in [-0.3, -0.25) is 9.69 Å². The molecule has 1 aliphatic carbocycles. The van der Waals surface area contributed by atoms with Crippen molar-refractivity contribution in [2.24, 2.45) is 0 Å². The Morgan fingerprint density at radius 3 is 2.41 bits per heavy atom. The second-order valence-electron chi connectivity index (χ2n) is 6.77. The number of amides is 1. The minimum absolute atomic E-state index is 0.0284. The molecule has 0 radical (unpaired) electrons. The van der Waals surface area contributed by atoms with E-state index in [-0.39, 0.29) is 5.91 Å². The normalized spacial score (nSPS) is 17.5. The second-order valence-corrected chi connectivity index (χ2v) is 6.77. The molecule has 0 heterocycles. The lowest BCUT2D eigenvalue weighted by atomic mass is 9.84. The molecule has 1 aliphatic rings. The fraction of sp³-hybridized carbons (Fsp3) is 0.611. The van der Waals surface area contributed by atoms with E-state index in [1.165, 1.54) is 6.42 Å². The maximum absolute atomic E-state index is 12.2. The number of nitrogens with zero attached hydrogens (tertiary/aromatic N) is 1. The minimum Gasteiger partial charge on any atom is -0.389 e. The van der Waals surface area contributed by atoms with Crippen molar-refractivity contribution in [3.05, 3.63) is 29.3 Å².